The van der Waals surface area contributed by atoms with Gasteiger partial charge in [0.1, 0.15) is 18.2 Å². The minimum absolute atomic E-state index is 0.0173. The zero-order valence-electron chi connectivity index (χ0n) is 15.1. The predicted octanol–water partition coefficient (Wildman–Crippen LogP) is 2.92. The highest BCUT2D eigenvalue weighted by Gasteiger charge is 2.45. The molecule has 27 heavy (non-hydrogen) atoms. The summed E-state index contributed by atoms with van der Waals surface area (Å²) in [6.45, 7) is 2.58. The van der Waals surface area contributed by atoms with Crippen molar-refractivity contribution < 1.29 is 13.9 Å². The van der Waals surface area contributed by atoms with Crippen molar-refractivity contribution in [2.24, 2.45) is 0 Å². The van der Waals surface area contributed by atoms with Crippen LogP contribution in [0.2, 0.25) is 0 Å². The van der Waals surface area contributed by atoms with Crippen LogP contribution < -0.4 is 20.7 Å². The van der Waals surface area contributed by atoms with Gasteiger partial charge in [-0.25, -0.2) is 9.18 Å². The second-order valence-electron chi connectivity index (χ2n) is 7.25. The van der Waals surface area contributed by atoms with Crippen LogP contribution in [0, 0.1) is 5.82 Å². The molecule has 3 N–H and O–H groups in total. The van der Waals surface area contributed by atoms with E-state index < -0.39 is 0 Å². The van der Waals surface area contributed by atoms with E-state index in [9.17, 15) is 9.18 Å². The van der Waals surface area contributed by atoms with Crippen molar-refractivity contribution in [2.45, 2.75) is 30.9 Å². The lowest BCUT2D eigenvalue weighted by Crippen LogP contribution is -2.65. The summed E-state index contributed by atoms with van der Waals surface area (Å²) in [6.07, 6.45) is 1.67. The van der Waals surface area contributed by atoms with Crippen LogP contribution in [0.15, 0.2) is 48.5 Å². The van der Waals surface area contributed by atoms with Gasteiger partial charge in [0.05, 0.1) is 5.54 Å². The molecule has 2 heterocycles. The lowest BCUT2D eigenvalue weighted by atomic mass is 9.72. The van der Waals surface area contributed by atoms with Crippen molar-refractivity contribution in [3.63, 3.8) is 0 Å². The molecule has 2 aromatic carbocycles. The van der Waals surface area contributed by atoms with E-state index in [-0.39, 0.29) is 23.3 Å². The second kappa shape index (κ2) is 7.56. The Balaban J connectivity index is 1.64. The first-order valence-corrected chi connectivity index (χ1v) is 9.39. The number of nitrogens with one attached hydrogen (secondary N) is 3. The van der Waals surface area contributed by atoms with E-state index in [1.807, 2.05) is 30.3 Å². The first kappa shape index (κ1) is 17.8. The molecule has 2 saturated heterocycles. The fraction of sp³-hybridized carbons (Fsp3) is 0.381. The molecule has 2 aliphatic heterocycles. The van der Waals surface area contributed by atoms with Crippen LogP contribution in [0.1, 0.15) is 29.9 Å². The maximum absolute atomic E-state index is 14.0. The van der Waals surface area contributed by atoms with E-state index in [1.165, 1.54) is 12.1 Å². The Kier molecular flexibility index (Phi) is 4.99. The molecule has 2 fully saturated rings. The van der Waals surface area contributed by atoms with Gasteiger partial charge in [-0.2, -0.15) is 0 Å². The Bertz CT molecular complexity index is 806. The minimum atomic E-state index is -0.337. The average molecular weight is 369 g/mol. The first-order valence-electron chi connectivity index (χ1n) is 9.39. The zero-order chi connectivity index (χ0) is 18.7. The van der Waals surface area contributed by atoms with E-state index in [0.717, 1.165) is 37.1 Å². The SMILES string of the molecule is O=C1NCC(c2ccc(F)cc2OCc2ccccc2)C2(CCNCC2)N1. The molecule has 6 heteroatoms. The third-order valence-corrected chi connectivity index (χ3v) is 5.58. The van der Waals surface area contributed by atoms with Crippen molar-refractivity contribution in [3.8, 4) is 5.75 Å². The van der Waals surface area contributed by atoms with E-state index in [2.05, 4.69) is 16.0 Å². The van der Waals surface area contributed by atoms with E-state index >= 15 is 0 Å². The molecule has 0 saturated carbocycles. The van der Waals surface area contributed by atoms with E-state index in [1.54, 1.807) is 6.07 Å². The van der Waals surface area contributed by atoms with E-state index in [0.29, 0.717) is 18.9 Å². The Morgan fingerprint density at radius 1 is 1.11 bits per heavy atom. The molecule has 4 rings (SSSR count). The van der Waals surface area contributed by atoms with Gasteiger partial charge in [0, 0.05) is 24.1 Å². The summed E-state index contributed by atoms with van der Waals surface area (Å²) >= 11 is 0. The molecule has 0 aromatic heterocycles. The normalized spacial score (nSPS) is 21.4. The maximum atomic E-state index is 14.0. The lowest BCUT2D eigenvalue weighted by molar-refractivity contribution is 0.161. The van der Waals surface area contributed by atoms with Crippen LogP contribution in [-0.2, 0) is 6.61 Å². The summed E-state index contributed by atoms with van der Waals surface area (Å²) < 4.78 is 20.0. The molecule has 1 unspecified atom stereocenters. The third kappa shape index (κ3) is 3.76. The number of hydrogen-bond acceptors (Lipinski definition) is 3. The number of carbonyl (C=O) groups excluding carboxylic acids is 1. The fourth-order valence-corrected chi connectivity index (χ4v) is 4.16. The largest absolute Gasteiger partial charge is 0.489 e. The van der Waals surface area contributed by atoms with Crippen LogP contribution in [0.5, 0.6) is 5.75 Å². The summed E-state index contributed by atoms with van der Waals surface area (Å²) in [6, 6.07) is 14.4. The fourth-order valence-electron chi connectivity index (χ4n) is 4.16. The minimum Gasteiger partial charge on any atom is -0.489 e. The number of ether oxygens (including phenoxy) is 1. The van der Waals surface area contributed by atoms with Gasteiger partial charge in [-0.3, -0.25) is 0 Å². The van der Waals surface area contributed by atoms with Crippen molar-refractivity contribution in [2.75, 3.05) is 19.6 Å². The molecule has 1 spiro atoms. The Morgan fingerprint density at radius 3 is 2.67 bits per heavy atom. The van der Waals surface area contributed by atoms with Gasteiger partial charge in [-0.1, -0.05) is 36.4 Å². The number of amides is 2. The van der Waals surface area contributed by atoms with Gasteiger partial charge in [-0.05, 0) is 37.6 Å². The van der Waals surface area contributed by atoms with Crippen LogP contribution in [0.3, 0.4) is 0 Å². The highest BCUT2D eigenvalue weighted by Crippen LogP contribution is 2.41. The van der Waals surface area contributed by atoms with Crippen molar-refractivity contribution in [1.82, 2.24) is 16.0 Å². The summed E-state index contributed by atoms with van der Waals surface area (Å²) in [5.74, 6) is 0.234. The molecular weight excluding hydrogens is 345 g/mol. The topological polar surface area (TPSA) is 62.4 Å². The highest BCUT2D eigenvalue weighted by atomic mass is 19.1. The lowest BCUT2D eigenvalue weighted by Gasteiger charge is -2.47. The zero-order valence-corrected chi connectivity index (χ0v) is 15.1. The van der Waals surface area contributed by atoms with E-state index in [4.69, 9.17) is 4.74 Å². The van der Waals surface area contributed by atoms with Gasteiger partial charge >= 0.3 is 6.03 Å². The Hall–Kier alpha value is -2.60. The number of urea groups is 1. The number of rotatable bonds is 4. The van der Waals surface area contributed by atoms with Gasteiger partial charge in [0.15, 0.2) is 0 Å². The summed E-state index contributed by atoms with van der Waals surface area (Å²) in [5.41, 5.74) is 1.62. The predicted molar refractivity (Wildman–Crippen MR) is 101 cm³/mol. The number of halogens is 1. The highest BCUT2D eigenvalue weighted by molar-refractivity contribution is 5.76. The number of carbonyl (C=O) groups is 1. The first-order chi connectivity index (χ1) is 13.2. The second-order valence-corrected chi connectivity index (χ2v) is 7.25. The average Bonchev–Trinajstić information content (AvgIpc) is 2.69. The van der Waals surface area contributed by atoms with Crippen LogP contribution in [-0.4, -0.2) is 31.2 Å². The standard InChI is InChI=1S/C21H24FN3O2/c22-16-6-7-17(19(12-16)27-14-15-4-2-1-3-5-15)18-13-24-20(26)25-21(18)8-10-23-11-9-21/h1-7,12,18,23H,8-11,13-14H2,(H2,24,25,26). The van der Waals surface area contributed by atoms with Crippen molar-refractivity contribution >= 4 is 6.03 Å². The summed E-state index contributed by atoms with van der Waals surface area (Å²) in [5, 5.41) is 9.41. The van der Waals surface area contributed by atoms with Crippen LogP contribution in [0.4, 0.5) is 9.18 Å². The molecule has 5 nitrogen and oxygen atoms in total. The van der Waals surface area contributed by atoms with Crippen LogP contribution >= 0.6 is 0 Å². The maximum Gasteiger partial charge on any atom is 0.315 e. The third-order valence-electron chi connectivity index (χ3n) is 5.58. The monoisotopic (exact) mass is 369 g/mol. The van der Waals surface area contributed by atoms with Gasteiger partial charge in [-0.15, -0.1) is 0 Å². The number of benzene rings is 2. The molecule has 1 atom stereocenters. The summed E-state index contributed by atoms with van der Waals surface area (Å²) in [4.78, 5) is 12.0. The molecular formula is C21H24FN3O2. The smallest absolute Gasteiger partial charge is 0.315 e. The molecule has 2 aliphatic rings. The number of piperidine rings is 1. The Labute approximate surface area is 158 Å². The quantitative estimate of drug-likeness (QED) is 0.777. The molecule has 0 radical (unpaired) electrons. The number of hydrogen-bond donors (Lipinski definition) is 3. The molecule has 2 amide bonds. The molecule has 0 bridgehead atoms. The molecule has 142 valence electrons. The molecule has 2 aromatic rings. The molecule has 0 aliphatic carbocycles. The summed E-state index contributed by atoms with van der Waals surface area (Å²) in [7, 11) is 0. The Morgan fingerprint density at radius 2 is 1.89 bits per heavy atom. The van der Waals surface area contributed by atoms with Gasteiger partial charge < -0.3 is 20.7 Å². The van der Waals surface area contributed by atoms with Crippen molar-refractivity contribution in [1.29, 1.82) is 0 Å². The van der Waals surface area contributed by atoms with Crippen molar-refractivity contribution in [3.05, 3.63) is 65.5 Å². The van der Waals surface area contributed by atoms with Gasteiger partial charge in [0.25, 0.3) is 0 Å². The van der Waals surface area contributed by atoms with Crippen LogP contribution in [0.25, 0.3) is 0 Å². The van der Waals surface area contributed by atoms with Gasteiger partial charge in [0.2, 0.25) is 0 Å².